The number of hydrogen-bond donors (Lipinski definition) is 1. The van der Waals surface area contributed by atoms with E-state index in [1.165, 1.54) is 11.8 Å². The summed E-state index contributed by atoms with van der Waals surface area (Å²) >= 11 is 4.99. The van der Waals surface area contributed by atoms with Gasteiger partial charge in [-0.1, -0.05) is 22.0 Å². The third kappa shape index (κ3) is 2.66. The summed E-state index contributed by atoms with van der Waals surface area (Å²) in [4.78, 5) is 5.12. The molecule has 0 bridgehead atoms. The molecule has 1 heterocycles. The first-order valence-electron chi connectivity index (χ1n) is 4.79. The lowest BCUT2D eigenvalue weighted by molar-refractivity contribution is 0.454. The minimum absolute atomic E-state index is 0.0233. The van der Waals surface area contributed by atoms with Crippen molar-refractivity contribution >= 4 is 27.7 Å². The zero-order valence-corrected chi connectivity index (χ0v) is 11.1. The van der Waals surface area contributed by atoms with E-state index in [1.54, 1.807) is 12.5 Å². The van der Waals surface area contributed by atoms with Gasteiger partial charge < -0.3 is 10.2 Å². The lowest BCUT2D eigenvalue weighted by atomic mass is 10.1. The predicted molar refractivity (Wildman–Crippen MR) is 67.4 cm³/mol. The lowest BCUT2D eigenvalue weighted by Crippen LogP contribution is -2.05. The van der Waals surface area contributed by atoms with Crippen molar-refractivity contribution in [1.82, 2.24) is 4.98 Å². The second-order valence-corrected chi connectivity index (χ2v) is 5.25. The smallest absolute Gasteiger partial charge is 0.260 e. The molecule has 0 aliphatic heterocycles. The Balaban J connectivity index is 2.21. The predicted octanol–water partition coefficient (Wildman–Crippen LogP) is 3.61. The van der Waals surface area contributed by atoms with Crippen LogP contribution in [0.4, 0.5) is 0 Å². The minimum Gasteiger partial charge on any atom is -0.440 e. The van der Waals surface area contributed by atoms with Crippen molar-refractivity contribution in [3.05, 3.63) is 40.7 Å². The van der Waals surface area contributed by atoms with Crippen molar-refractivity contribution in [1.29, 1.82) is 0 Å². The van der Waals surface area contributed by atoms with Gasteiger partial charge in [-0.2, -0.15) is 0 Å². The molecular formula is C11H11BrN2OS. The van der Waals surface area contributed by atoms with Crippen molar-refractivity contribution in [2.75, 3.05) is 0 Å². The molecule has 0 radical (unpaired) electrons. The molecule has 2 N–H and O–H groups in total. The summed E-state index contributed by atoms with van der Waals surface area (Å²) < 4.78 is 6.18. The molecule has 0 saturated carbocycles. The molecule has 1 aromatic carbocycles. The lowest BCUT2D eigenvalue weighted by Gasteiger charge is -2.09. The van der Waals surface area contributed by atoms with Crippen LogP contribution in [-0.4, -0.2) is 4.98 Å². The van der Waals surface area contributed by atoms with Crippen LogP contribution < -0.4 is 5.73 Å². The second-order valence-electron chi connectivity index (χ2n) is 3.37. The topological polar surface area (TPSA) is 52.0 Å². The maximum atomic E-state index is 5.83. The molecule has 0 aliphatic rings. The van der Waals surface area contributed by atoms with Crippen LogP contribution in [-0.2, 0) is 0 Å². The van der Waals surface area contributed by atoms with E-state index in [9.17, 15) is 0 Å². The number of benzene rings is 1. The fourth-order valence-corrected chi connectivity index (χ4v) is 2.93. The van der Waals surface area contributed by atoms with E-state index in [1.807, 2.05) is 25.1 Å². The van der Waals surface area contributed by atoms with E-state index >= 15 is 0 Å². The van der Waals surface area contributed by atoms with Crippen molar-refractivity contribution in [2.45, 2.75) is 23.1 Å². The van der Waals surface area contributed by atoms with Gasteiger partial charge in [-0.05, 0) is 36.4 Å². The highest BCUT2D eigenvalue weighted by atomic mass is 79.9. The number of nitrogens with zero attached hydrogens (tertiary/aromatic N) is 1. The van der Waals surface area contributed by atoms with E-state index < -0.39 is 0 Å². The fraction of sp³-hybridized carbons (Fsp3) is 0.182. The Morgan fingerprint density at radius 2 is 2.31 bits per heavy atom. The number of nitrogens with two attached hydrogens (primary N) is 1. The summed E-state index contributed by atoms with van der Waals surface area (Å²) in [6.07, 6.45) is 3.20. The number of aromatic nitrogens is 1. The third-order valence-corrected chi connectivity index (χ3v) is 3.63. The van der Waals surface area contributed by atoms with Gasteiger partial charge in [-0.3, -0.25) is 0 Å². The molecule has 1 aromatic heterocycles. The molecule has 0 spiro atoms. The van der Waals surface area contributed by atoms with E-state index in [4.69, 9.17) is 10.2 Å². The summed E-state index contributed by atoms with van der Waals surface area (Å²) in [5.41, 5.74) is 6.93. The van der Waals surface area contributed by atoms with Gasteiger partial charge in [-0.25, -0.2) is 4.98 Å². The van der Waals surface area contributed by atoms with Gasteiger partial charge in [0.25, 0.3) is 5.22 Å². The van der Waals surface area contributed by atoms with E-state index in [2.05, 4.69) is 20.9 Å². The Morgan fingerprint density at radius 1 is 1.50 bits per heavy atom. The van der Waals surface area contributed by atoms with Gasteiger partial charge in [-0.15, -0.1) is 0 Å². The first-order chi connectivity index (χ1) is 7.66. The summed E-state index contributed by atoms with van der Waals surface area (Å²) in [6, 6.07) is 6.07. The van der Waals surface area contributed by atoms with Crippen LogP contribution in [0.25, 0.3) is 0 Å². The van der Waals surface area contributed by atoms with Gasteiger partial charge in [0.05, 0.1) is 6.20 Å². The van der Waals surface area contributed by atoms with Gasteiger partial charge >= 0.3 is 0 Å². The average molecular weight is 299 g/mol. The Kier molecular flexibility index (Phi) is 3.68. The van der Waals surface area contributed by atoms with Crippen molar-refractivity contribution < 1.29 is 4.42 Å². The molecule has 16 heavy (non-hydrogen) atoms. The second kappa shape index (κ2) is 5.03. The fourth-order valence-electron chi connectivity index (χ4n) is 1.30. The molecule has 2 rings (SSSR count). The maximum absolute atomic E-state index is 5.83. The molecule has 0 amide bonds. The average Bonchev–Trinajstić information content (AvgIpc) is 2.70. The highest BCUT2D eigenvalue weighted by Gasteiger charge is 2.07. The molecule has 1 atom stereocenters. The van der Waals surface area contributed by atoms with E-state index in [0.717, 1.165) is 14.9 Å². The Morgan fingerprint density at radius 3 is 2.88 bits per heavy atom. The van der Waals surface area contributed by atoms with Crippen LogP contribution in [0.2, 0.25) is 0 Å². The van der Waals surface area contributed by atoms with Crippen LogP contribution in [0, 0.1) is 0 Å². The van der Waals surface area contributed by atoms with Gasteiger partial charge in [0.1, 0.15) is 6.26 Å². The first-order valence-corrected chi connectivity index (χ1v) is 6.40. The molecule has 0 saturated heterocycles. The highest BCUT2D eigenvalue weighted by molar-refractivity contribution is 9.10. The van der Waals surface area contributed by atoms with E-state index in [-0.39, 0.29) is 6.04 Å². The maximum Gasteiger partial charge on any atom is 0.260 e. The summed E-state index contributed by atoms with van der Waals surface area (Å²) in [5.74, 6) is 0. The molecule has 84 valence electrons. The number of halogens is 1. The molecule has 0 unspecified atom stereocenters. The Labute approximate surface area is 107 Å². The molecular weight excluding hydrogens is 288 g/mol. The zero-order valence-electron chi connectivity index (χ0n) is 8.68. The van der Waals surface area contributed by atoms with Crippen LogP contribution in [0.3, 0.4) is 0 Å². The van der Waals surface area contributed by atoms with Gasteiger partial charge in [0, 0.05) is 15.4 Å². The zero-order chi connectivity index (χ0) is 11.5. The molecule has 5 heteroatoms. The SMILES string of the molecule is C[C@@H](N)c1ccc(Sc2ncco2)cc1Br. The van der Waals surface area contributed by atoms with E-state index in [0.29, 0.717) is 5.22 Å². The summed E-state index contributed by atoms with van der Waals surface area (Å²) in [5, 5.41) is 0.639. The largest absolute Gasteiger partial charge is 0.440 e. The van der Waals surface area contributed by atoms with Crippen LogP contribution in [0.1, 0.15) is 18.5 Å². The molecule has 0 fully saturated rings. The van der Waals surface area contributed by atoms with Gasteiger partial charge in [0.2, 0.25) is 0 Å². The number of hydrogen-bond acceptors (Lipinski definition) is 4. The van der Waals surface area contributed by atoms with Crippen LogP contribution >= 0.6 is 27.7 Å². The third-order valence-electron chi connectivity index (χ3n) is 2.08. The summed E-state index contributed by atoms with van der Waals surface area (Å²) in [7, 11) is 0. The standard InChI is InChI=1S/C11H11BrN2OS/c1-7(13)9-3-2-8(6-10(9)12)16-11-14-4-5-15-11/h2-7H,13H2,1H3/t7-/m1/s1. The normalized spacial score (nSPS) is 12.7. The minimum atomic E-state index is 0.0233. The number of oxazole rings is 1. The van der Waals surface area contributed by atoms with Crippen LogP contribution in [0.5, 0.6) is 0 Å². The summed E-state index contributed by atoms with van der Waals surface area (Å²) in [6.45, 7) is 1.96. The van der Waals surface area contributed by atoms with Gasteiger partial charge in [0.15, 0.2) is 0 Å². The monoisotopic (exact) mass is 298 g/mol. The van der Waals surface area contributed by atoms with Crippen LogP contribution in [0.15, 0.2) is 49.7 Å². The Hall–Kier alpha value is -0.780. The Bertz CT molecular complexity index is 471. The molecule has 3 nitrogen and oxygen atoms in total. The quantitative estimate of drug-likeness (QED) is 0.940. The molecule has 0 aliphatic carbocycles. The molecule has 2 aromatic rings. The first kappa shape index (κ1) is 11.7. The number of rotatable bonds is 3. The van der Waals surface area contributed by atoms with Crippen molar-refractivity contribution in [3.8, 4) is 0 Å². The van der Waals surface area contributed by atoms with Crippen molar-refractivity contribution in [2.24, 2.45) is 5.73 Å². The van der Waals surface area contributed by atoms with Crippen molar-refractivity contribution in [3.63, 3.8) is 0 Å². The highest BCUT2D eigenvalue weighted by Crippen LogP contribution is 2.31.